The molecule has 2 aromatic carbocycles. The summed E-state index contributed by atoms with van der Waals surface area (Å²) in [5.74, 6) is 1.27. The minimum Gasteiger partial charge on any atom is -0.473 e. The number of hydrogen-bond acceptors (Lipinski definition) is 7. The SMILES string of the molecule is C=C(CN1CCC(c2cccc(OCc3ccc(Cl)cc3F)n2)CC1)N(Cc1nncn1CCC)c1cc(C(C)=O)ccc1C. The van der Waals surface area contributed by atoms with Crippen LogP contribution in [-0.4, -0.2) is 50.1 Å². The Hall–Kier alpha value is -4.08. The molecule has 0 atom stereocenters. The van der Waals surface area contributed by atoms with Crippen LogP contribution in [0.1, 0.15) is 72.0 Å². The van der Waals surface area contributed by atoms with E-state index in [2.05, 4.69) is 45.0 Å². The molecule has 1 saturated heterocycles. The molecule has 0 aliphatic carbocycles. The maximum absolute atomic E-state index is 14.2. The lowest BCUT2D eigenvalue weighted by atomic mass is 9.93. The molecule has 1 fully saturated rings. The monoisotopic (exact) mass is 630 g/mol. The predicted molar refractivity (Wildman–Crippen MR) is 175 cm³/mol. The van der Waals surface area contributed by atoms with Crippen molar-refractivity contribution in [1.29, 1.82) is 0 Å². The highest BCUT2D eigenvalue weighted by Gasteiger charge is 2.25. The number of benzene rings is 2. The summed E-state index contributed by atoms with van der Waals surface area (Å²) in [7, 11) is 0. The number of nitrogens with zero attached hydrogens (tertiary/aromatic N) is 6. The quantitative estimate of drug-likeness (QED) is 0.143. The summed E-state index contributed by atoms with van der Waals surface area (Å²) in [5, 5.41) is 8.93. The molecule has 0 bridgehead atoms. The summed E-state index contributed by atoms with van der Waals surface area (Å²) in [5.41, 5.74) is 5.04. The van der Waals surface area contributed by atoms with Gasteiger partial charge in [0.2, 0.25) is 5.88 Å². The summed E-state index contributed by atoms with van der Waals surface area (Å²) >= 11 is 5.87. The zero-order valence-corrected chi connectivity index (χ0v) is 26.9. The van der Waals surface area contributed by atoms with Crippen molar-refractivity contribution in [1.82, 2.24) is 24.6 Å². The molecular formula is C35H40ClFN6O2. The number of Topliss-reactive ketones (excluding diaryl/α,β-unsaturated/α-hetero) is 1. The number of pyridine rings is 1. The van der Waals surface area contributed by atoms with Crippen molar-refractivity contribution in [3.8, 4) is 5.88 Å². The Balaban J connectivity index is 1.24. The van der Waals surface area contributed by atoms with Crippen molar-refractivity contribution < 1.29 is 13.9 Å². The number of aryl methyl sites for hydroxylation is 2. The molecule has 0 amide bonds. The van der Waals surface area contributed by atoms with E-state index in [0.29, 0.717) is 41.0 Å². The lowest BCUT2D eigenvalue weighted by Crippen LogP contribution is -2.38. The molecule has 3 heterocycles. The van der Waals surface area contributed by atoms with E-state index in [1.54, 1.807) is 31.5 Å². The van der Waals surface area contributed by atoms with Crippen molar-refractivity contribution >= 4 is 23.1 Å². The van der Waals surface area contributed by atoms with Crippen molar-refractivity contribution in [2.75, 3.05) is 24.5 Å². The van der Waals surface area contributed by atoms with Crippen LogP contribution in [0.4, 0.5) is 10.1 Å². The van der Waals surface area contributed by atoms with Crippen LogP contribution in [0.5, 0.6) is 5.88 Å². The van der Waals surface area contributed by atoms with Gasteiger partial charge in [-0.05, 0) is 76.0 Å². The van der Waals surface area contributed by atoms with E-state index in [9.17, 15) is 9.18 Å². The minimum absolute atomic E-state index is 0.0262. The first-order valence-corrected chi connectivity index (χ1v) is 15.8. The summed E-state index contributed by atoms with van der Waals surface area (Å²) in [6, 6.07) is 16.2. The topological polar surface area (TPSA) is 76.4 Å². The highest BCUT2D eigenvalue weighted by molar-refractivity contribution is 6.30. The van der Waals surface area contributed by atoms with E-state index < -0.39 is 5.82 Å². The number of ether oxygens (including phenoxy) is 1. The number of likely N-dealkylation sites (tertiary alicyclic amines) is 1. The Morgan fingerprint density at radius 3 is 2.69 bits per heavy atom. The number of carbonyl (C=O) groups is 1. The summed E-state index contributed by atoms with van der Waals surface area (Å²) in [6.45, 7) is 14.2. The minimum atomic E-state index is -0.393. The zero-order valence-electron chi connectivity index (χ0n) is 26.2. The summed E-state index contributed by atoms with van der Waals surface area (Å²) in [6.07, 6.45) is 4.64. The number of ketones is 1. The number of piperidine rings is 1. The average molecular weight is 631 g/mol. The first kappa shape index (κ1) is 32.3. The molecule has 2 aromatic heterocycles. The Kier molecular flexibility index (Phi) is 10.6. The fraction of sp³-hybridized carbons (Fsp3) is 0.371. The van der Waals surface area contributed by atoms with Crippen LogP contribution in [-0.2, 0) is 19.7 Å². The van der Waals surface area contributed by atoms with E-state index in [1.807, 2.05) is 30.3 Å². The molecule has 0 radical (unpaired) electrons. The first-order chi connectivity index (χ1) is 21.7. The number of hydrogen-bond donors (Lipinski definition) is 0. The molecule has 0 unspecified atom stereocenters. The lowest BCUT2D eigenvalue weighted by molar-refractivity contribution is 0.101. The van der Waals surface area contributed by atoms with Gasteiger partial charge in [0.1, 0.15) is 18.8 Å². The van der Waals surface area contributed by atoms with E-state index in [4.69, 9.17) is 21.3 Å². The van der Waals surface area contributed by atoms with Crippen LogP contribution in [0.3, 0.4) is 0 Å². The molecule has 45 heavy (non-hydrogen) atoms. The molecule has 8 nitrogen and oxygen atoms in total. The molecular weight excluding hydrogens is 591 g/mol. The van der Waals surface area contributed by atoms with E-state index in [0.717, 1.165) is 67.4 Å². The van der Waals surface area contributed by atoms with Gasteiger partial charge >= 0.3 is 0 Å². The second-order valence-corrected chi connectivity index (χ2v) is 12.1. The van der Waals surface area contributed by atoms with Gasteiger partial charge in [0.05, 0.1) is 6.54 Å². The van der Waals surface area contributed by atoms with Gasteiger partial charge in [-0.1, -0.05) is 49.4 Å². The van der Waals surface area contributed by atoms with Gasteiger partial charge < -0.3 is 14.2 Å². The van der Waals surface area contributed by atoms with Gasteiger partial charge in [-0.15, -0.1) is 10.2 Å². The standard InChI is InChI=1S/C35H40ClFN6O2/c1-5-15-42-23-38-40-34(42)21-43(33-18-28(26(4)44)10-9-24(33)2)25(3)20-41-16-13-27(14-17-41)32-7-6-8-35(39-32)45-22-29-11-12-30(36)19-31(29)37/h6-12,18-19,23,27H,3,5,13-17,20-22H2,1-2,4H3. The van der Waals surface area contributed by atoms with Gasteiger partial charge in [0.25, 0.3) is 0 Å². The molecule has 5 rings (SSSR count). The van der Waals surface area contributed by atoms with Gasteiger partial charge in [-0.3, -0.25) is 9.69 Å². The van der Waals surface area contributed by atoms with E-state index >= 15 is 0 Å². The average Bonchev–Trinajstić information content (AvgIpc) is 3.47. The van der Waals surface area contributed by atoms with Gasteiger partial charge in [0.15, 0.2) is 11.6 Å². The number of anilines is 1. The molecule has 236 valence electrons. The van der Waals surface area contributed by atoms with Crippen LogP contribution in [0.2, 0.25) is 5.02 Å². The maximum atomic E-state index is 14.2. The number of carbonyl (C=O) groups excluding carboxylic acids is 1. The predicted octanol–water partition coefficient (Wildman–Crippen LogP) is 7.37. The highest BCUT2D eigenvalue weighted by atomic mass is 35.5. The van der Waals surface area contributed by atoms with E-state index in [-0.39, 0.29) is 12.4 Å². The van der Waals surface area contributed by atoms with Crippen LogP contribution in [0.15, 0.2) is 73.2 Å². The van der Waals surface area contributed by atoms with Crippen molar-refractivity contribution in [3.05, 3.63) is 112 Å². The molecule has 0 spiro atoms. The van der Waals surface area contributed by atoms with E-state index in [1.165, 1.54) is 6.07 Å². The number of rotatable bonds is 13. The molecule has 4 aromatic rings. The Bertz CT molecular complexity index is 1650. The van der Waals surface area contributed by atoms with Crippen molar-refractivity contribution in [2.45, 2.75) is 65.6 Å². The number of aromatic nitrogens is 4. The largest absolute Gasteiger partial charge is 0.473 e. The summed E-state index contributed by atoms with van der Waals surface area (Å²) in [4.78, 5) is 21.6. The third-order valence-corrected chi connectivity index (χ3v) is 8.53. The van der Waals surface area contributed by atoms with Crippen molar-refractivity contribution in [2.24, 2.45) is 0 Å². The second-order valence-electron chi connectivity index (χ2n) is 11.6. The third-order valence-electron chi connectivity index (χ3n) is 8.30. The smallest absolute Gasteiger partial charge is 0.213 e. The molecule has 1 aliphatic heterocycles. The molecule has 1 aliphatic rings. The van der Waals surface area contributed by atoms with Crippen molar-refractivity contribution in [3.63, 3.8) is 0 Å². The van der Waals surface area contributed by atoms with Crippen LogP contribution < -0.4 is 9.64 Å². The fourth-order valence-electron chi connectivity index (χ4n) is 5.72. The molecule has 0 saturated carbocycles. The van der Waals surface area contributed by atoms with Crippen LogP contribution >= 0.6 is 11.6 Å². The Morgan fingerprint density at radius 2 is 1.96 bits per heavy atom. The van der Waals surface area contributed by atoms with Crippen LogP contribution in [0.25, 0.3) is 0 Å². The highest BCUT2D eigenvalue weighted by Crippen LogP contribution is 2.31. The van der Waals surface area contributed by atoms with Gasteiger partial charge in [0, 0.05) is 58.3 Å². The second kappa shape index (κ2) is 14.8. The van der Waals surface area contributed by atoms with Gasteiger partial charge in [-0.25, -0.2) is 9.37 Å². The molecule has 10 heteroatoms. The fourth-order valence-corrected chi connectivity index (χ4v) is 5.88. The Labute approximate surface area is 269 Å². The normalized spacial score (nSPS) is 14.0. The van der Waals surface area contributed by atoms with Crippen LogP contribution in [0, 0.1) is 12.7 Å². The van der Waals surface area contributed by atoms with Gasteiger partial charge in [-0.2, -0.15) is 0 Å². The lowest BCUT2D eigenvalue weighted by Gasteiger charge is -2.35. The first-order valence-electron chi connectivity index (χ1n) is 15.4. The Morgan fingerprint density at radius 1 is 1.16 bits per heavy atom. The summed E-state index contributed by atoms with van der Waals surface area (Å²) < 4.78 is 22.1. The number of halogens is 2. The zero-order chi connectivity index (χ0) is 31.9. The maximum Gasteiger partial charge on any atom is 0.213 e. The third kappa shape index (κ3) is 8.15. The molecule has 0 N–H and O–H groups in total.